The summed E-state index contributed by atoms with van der Waals surface area (Å²) in [5.74, 6) is 1.05. The molecule has 1 aliphatic rings. The Morgan fingerprint density at radius 1 is 1.44 bits per heavy atom. The van der Waals surface area contributed by atoms with E-state index in [1.54, 1.807) is 13.2 Å². The van der Waals surface area contributed by atoms with Gasteiger partial charge in [0.2, 0.25) is 0 Å². The number of carbonyl (C=O) groups excluding carboxylic acids is 1. The highest BCUT2D eigenvalue weighted by Crippen LogP contribution is 2.30. The molecule has 4 heteroatoms. The molecule has 0 fully saturated rings. The van der Waals surface area contributed by atoms with E-state index in [2.05, 4.69) is 5.32 Å². The fourth-order valence-electron chi connectivity index (χ4n) is 2.07. The summed E-state index contributed by atoms with van der Waals surface area (Å²) < 4.78 is 10.7. The van der Waals surface area contributed by atoms with Gasteiger partial charge in [-0.2, -0.15) is 0 Å². The summed E-state index contributed by atoms with van der Waals surface area (Å²) >= 11 is 0. The minimum atomic E-state index is -0.128. The predicted octanol–water partition coefficient (Wildman–Crippen LogP) is 1.73. The highest BCUT2D eigenvalue weighted by atomic mass is 16.5. The maximum absolute atomic E-state index is 11.6. The Labute approximate surface area is 92.2 Å². The molecule has 0 aliphatic carbocycles. The van der Waals surface area contributed by atoms with Gasteiger partial charge < -0.3 is 14.5 Å². The molecule has 2 heterocycles. The summed E-state index contributed by atoms with van der Waals surface area (Å²) in [5, 5.41) is 3.77. The van der Waals surface area contributed by atoms with E-state index in [9.17, 15) is 4.79 Å². The Balaban J connectivity index is 2.27. The monoisotopic (exact) mass is 217 g/mol. The summed E-state index contributed by atoms with van der Waals surface area (Å²) in [4.78, 5) is 11.6. The van der Waals surface area contributed by atoms with Crippen LogP contribution in [0.5, 0.6) is 5.75 Å². The summed E-state index contributed by atoms with van der Waals surface area (Å²) in [7, 11) is 1.61. The second-order valence-corrected chi connectivity index (χ2v) is 3.78. The number of hydrogen-bond acceptors (Lipinski definition) is 3. The number of nitrogens with one attached hydrogen (secondary N) is 1. The van der Waals surface area contributed by atoms with Crippen LogP contribution in [0.1, 0.15) is 16.1 Å². The molecule has 0 saturated heterocycles. The molecule has 1 aromatic heterocycles. The van der Waals surface area contributed by atoms with Gasteiger partial charge in [0.15, 0.2) is 5.76 Å². The van der Waals surface area contributed by atoms with Crippen molar-refractivity contribution in [2.24, 2.45) is 0 Å². The van der Waals surface area contributed by atoms with E-state index in [1.807, 2.05) is 12.1 Å². The highest BCUT2D eigenvalue weighted by Gasteiger charge is 2.23. The molecule has 0 spiro atoms. The van der Waals surface area contributed by atoms with Gasteiger partial charge in [-0.25, -0.2) is 0 Å². The number of methoxy groups -OCH3 is 1. The van der Waals surface area contributed by atoms with Crippen LogP contribution in [-0.4, -0.2) is 19.6 Å². The summed E-state index contributed by atoms with van der Waals surface area (Å²) in [6.45, 7) is 0.673. The molecular formula is C12H11NO3. The summed E-state index contributed by atoms with van der Waals surface area (Å²) in [6, 6.07) is 5.63. The second-order valence-electron chi connectivity index (χ2n) is 3.78. The summed E-state index contributed by atoms with van der Waals surface area (Å²) in [5.41, 5.74) is 1.71. The van der Waals surface area contributed by atoms with Crippen molar-refractivity contribution in [3.05, 3.63) is 29.5 Å². The van der Waals surface area contributed by atoms with E-state index in [4.69, 9.17) is 9.15 Å². The smallest absolute Gasteiger partial charge is 0.287 e. The van der Waals surface area contributed by atoms with Crippen LogP contribution < -0.4 is 10.1 Å². The van der Waals surface area contributed by atoms with Crippen LogP contribution in [0.15, 0.2) is 22.6 Å². The Bertz CT molecular complexity index is 571. The van der Waals surface area contributed by atoms with Crippen LogP contribution in [0.25, 0.3) is 11.0 Å². The molecule has 2 aromatic rings. The molecule has 82 valence electrons. The lowest BCUT2D eigenvalue weighted by molar-refractivity contribution is 0.0918. The van der Waals surface area contributed by atoms with E-state index in [0.717, 1.165) is 23.1 Å². The van der Waals surface area contributed by atoms with Gasteiger partial charge in [-0.3, -0.25) is 4.79 Å². The number of benzene rings is 1. The molecule has 1 N–H and O–H groups in total. The Hall–Kier alpha value is -1.97. The van der Waals surface area contributed by atoms with E-state index in [1.165, 1.54) is 0 Å². The van der Waals surface area contributed by atoms with Gasteiger partial charge >= 0.3 is 0 Å². The van der Waals surface area contributed by atoms with Gasteiger partial charge in [-0.05, 0) is 18.6 Å². The lowest BCUT2D eigenvalue weighted by atomic mass is 10.0. The van der Waals surface area contributed by atoms with E-state index >= 15 is 0 Å². The third-order valence-corrected chi connectivity index (χ3v) is 2.87. The molecule has 0 saturated carbocycles. The van der Waals surface area contributed by atoms with Crippen molar-refractivity contribution >= 4 is 16.9 Å². The zero-order valence-electron chi connectivity index (χ0n) is 8.87. The normalized spacial score (nSPS) is 14.7. The molecule has 0 unspecified atom stereocenters. The van der Waals surface area contributed by atoms with Gasteiger partial charge in [0, 0.05) is 23.6 Å². The van der Waals surface area contributed by atoms with E-state index < -0.39 is 0 Å². The topological polar surface area (TPSA) is 51.5 Å². The zero-order valence-corrected chi connectivity index (χ0v) is 8.87. The van der Waals surface area contributed by atoms with Crippen molar-refractivity contribution in [3.8, 4) is 5.75 Å². The fraction of sp³-hybridized carbons (Fsp3) is 0.250. The maximum atomic E-state index is 11.6. The quantitative estimate of drug-likeness (QED) is 0.791. The zero-order chi connectivity index (χ0) is 11.1. The SMILES string of the molecule is COc1ccc2c3c(oc2c1)C(=O)NCC3. The van der Waals surface area contributed by atoms with Gasteiger partial charge in [0.25, 0.3) is 5.91 Å². The molecule has 4 nitrogen and oxygen atoms in total. The average Bonchev–Trinajstić information content (AvgIpc) is 2.68. The van der Waals surface area contributed by atoms with Gasteiger partial charge in [-0.15, -0.1) is 0 Å². The molecular weight excluding hydrogens is 206 g/mol. The minimum Gasteiger partial charge on any atom is -0.497 e. The molecule has 3 rings (SSSR count). The third kappa shape index (κ3) is 1.19. The van der Waals surface area contributed by atoms with Crippen LogP contribution in [0, 0.1) is 0 Å². The van der Waals surface area contributed by atoms with Crippen LogP contribution in [0.4, 0.5) is 0 Å². The molecule has 1 aromatic carbocycles. The number of carbonyl (C=O) groups is 1. The average molecular weight is 217 g/mol. The van der Waals surface area contributed by atoms with Crippen molar-refractivity contribution < 1.29 is 13.9 Å². The first-order valence-corrected chi connectivity index (χ1v) is 5.17. The Kier molecular flexibility index (Phi) is 1.89. The number of furan rings is 1. The van der Waals surface area contributed by atoms with Crippen molar-refractivity contribution in [1.29, 1.82) is 0 Å². The third-order valence-electron chi connectivity index (χ3n) is 2.87. The Morgan fingerprint density at radius 2 is 2.31 bits per heavy atom. The number of amides is 1. The van der Waals surface area contributed by atoms with Crippen LogP contribution in [0.3, 0.4) is 0 Å². The van der Waals surface area contributed by atoms with E-state index in [-0.39, 0.29) is 5.91 Å². The second kappa shape index (κ2) is 3.27. The van der Waals surface area contributed by atoms with Crippen molar-refractivity contribution in [2.75, 3.05) is 13.7 Å². The van der Waals surface area contributed by atoms with E-state index in [0.29, 0.717) is 17.9 Å². The van der Waals surface area contributed by atoms with Crippen molar-refractivity contribution in [1.82, 2.24) is 5.32 Å². The first-order chi connectivity index (χ1) is 7.79. The first-order valence-electron chi connectivity index (χ1n) is 5.17. The molecule has 1 amide bonds. The molecule has 16 heavy (non-hydrogen) atoms. The lowest BCUT2D eigenvalue weighted by Crippen LogP contribution is -2.30. The van der Waals surface area contributed by atoms with Gasteiger partial charge in [0.1, 0.15) is 11.3 Å². The predicted molar refractivity (Wildman–Crippen MR) is 58.8 cm³/mol. The summed E-state index contributed by atoms with van der Waals surface area (Å²) in [6.07, 6.45) is 0.820. The van der Waals surface area contributed by atoms with Crippen LogP contribution in [-0.2, 0) is 6.42 Å². The standard InChI is InChI=1S/C12H11NO3/c1-15-7-2-3-8-9-4-5-13-12(14)11(9)16-10(8)6-7/h2-3,6H,4-5H2,1H3,(H,13,14). The molecule has 0 atom stereocenters. The maximum Gasteiger partial charge on any atom is 0.287 e. The molecule has 1 aliphatic heterocycles. The highest BCUT2D eigenvalue weighted by molar-refractivity contribution is 6.00. The van der Waals surface area contributed by atoms with Crippen LogP contribution >= 0.6 is 0 Å². The number of hydrogen-bond donors (Lipinski definition) is 1. The van der Waals surface area contributed by atoms with Gasteiger partial charge in [-0.1, -0.05) is 0 Å². The number of rotatable bonds is 1. The lowest BCUT2D eigenvalue weighted by Gasteiger charge is -2.10. The Morgan fingerprint density at radius 3 is 3.12 bits per heavy atom. The minimum absolute atomic E-state index is 0.128. The van der Waals surface area contributed by atoms with Crippen molar-refractivity contribution in [3.63, 3.8) is 0 Å². The van der Waals surface area contributed by atoms with Crippen molar-refractivity contribution in [2.45, 2.75) is 6.42 Å². The largest absolute Gasteiger partial charge is 0.497 e. The first kappa shape index (κ1) is 9.27. The number of ether oxygens (including phenoxy) is 1. The number of fused-ring (bicyclic) bond motifs is 3. The molecule has 0 bridgehead atoms. The van der Waals surface area contributed by atoms with Gasteiger partial charge in [0.05, 0.1) is 7.11 Å². The molecule has 0 radical (unpaired) electrons. The fourth-order valence-corrected chi connectivity index (χ4v) is 2.07. The van der Waals surface area contributed by atoms with Crippen LogP contribution in [0.2, 0.25) is 0 Å².